The Labute approximate surface area is 99.0 Å². The average molecular weight is 241 g/mol. The average Bonchev–Trinajstić information content (AvgIpc) is 2.30. The number of alkyl halides is 3. The lowest BCUT2D eigenvalue weighted by molar-refractivity contribution is -0.137. The number of hydrogen-bond donors (Lipinski definition) is 1. The Kier molecular flexibility index (Phi) is 4.59. The zero-order valence-corrected chi connectivity index (χ0v) is 9.51. The SMILES string of the molecule is C#CC(CC)NCc1ccc(C(F)(F)F)cc1. The van der Waals surface area contributed by atoms with Crippen LogP contribution in [0, 0.1) is 12.3 Å². The van der Waals surface area contributed by atoms with E-state index in [-0.39, 0.29) is 6.04 Å². The summed E-state index contributed by atoms with van der Waals surface area (Å²) in [6.45, 7) is 2.42. The van der Waals surface area contributed by atoms with Crippen LogP contribution < -0.4 is 5.32 Å². The number of halogens is 3. The van der Waals surface area contributed by atoms with E-state index in [4.69, 9.17) is 6.42 Å². The lowest BCUT2D eigenvalue weighted by Crippen LogP contribution is -2.26. The molecule has 0 fully saturated rings. The highest BCUT2D eigenvalue weighted by Crippen LogP contribution is 2.28. The number of benzene rings is 1. The molecule has 92 valence electrons. The fourth-order valence-electron chi connectivity index (χ4n) is 1.37. The van der Waals surface area contributed by atoms with E-state index < -0.39 is 11.7 Å². The van der Waals surface area contributed by atoms with Crippen molar-refractivity contribution in [3.63, 3.8) is 0 Å². The van der Waals surface area contributed by atoms with Crippen LogP contribution in [-0.4, -0.2) is 6.04 Å². The summed E-state index contributed by atoms with van der Waals surface area (Å²) < 4.78 is 36.9. The molecule has 0 radical (unpaired) electrons. The van der Waals surface area contributed by atoms with E-state index in [9.17, 15) is 13.2 Å². The Balaban J connectivity index is 2.61. The molecule has 1 aromatic rings. The first-order valence-electron chi connectivity index (χ1n) is 5.33. The first-order chi connectivity index (χ1) is 7.97. The molecule has 0 spiro atoms. The van der Waals surface area contributed by atoms with Crippen molar-refractivity contribution in [3.8, 4) is 12.3 Å². The third-order valence-electron chi connectivity index (χ3n) is 2.44. The van der Waals surface area contributed by atoms with Crippen LogP contribution in [0.3, 0.4) is 0 Å². The van der Waals surface area contributed by atoms with E-state index in [0.29, 0.717) is 6.54 Å². The molecule has 0 aliphatic carbocycles. The van der Waals surface area contributed by atoms with Gasteiger partial charge in [0.25, 0.3) is 0 Å². The minimum Gasteiger partial charge on any atom is -0.300 e. The molecule has 1 nitrogen and oxygen atoms in total. The van der Waals surface area contributed by atoms with Crippen molar-refractivity contribution in [2.24, 2.45) is 0 Å². The van der Waals surface area contributed by atoms with Crippen LogP contribution in [0.1, 0.15) is 24.5 Å². The van der Waals surface area contributed by atoms with Crippen LogP contribution in [0.15, 0.2) is 24.3 Å². The topological polar surface area (TPSA) is 12.0 Å². The lowest BCUT2D eigenvalue weighted by atomic mass is 10.1. The maximum atomic E-state index is 12.3. The van der Waals surface area contributed by atoms with E-state index in [2.05, 4.69) is 11.2 Å². The molecule has 1 atom stereocenters. The molecule has 1 aromatic carbocycles. The van der Waals surface area contributed by atoms with Gasteiger partial charge in [0.05, 0.1) is 11.6 Å². The van der Waals surface area contributed by atoms with Crippen molar-refractivity contribution in [3.05, 3.63) is 35.4 Å². The Morgan fingerprint density at radius 1 is 1.29 bits per heavy atom. The Bertz CT molecular complexity index is 387. The zero-order valence-electron chi connectivity index (χ0n) is 9.51. The highest BCUT2D eigenvalue weighted by molar-refractivity contribution is 5.24. The van der Waals surface area contributed by atoms with Crippen LogP contribution in [0.4, 0.5) is 13.2 Å². The molecule has 0 saturated carbocycles. The standard InChI is InChI=1S/C13H14F3N/c1-3-12(4-2)17-9-10-5-7-11(8-6-10)13(14,15)16/h1,5-8,12,17H,4,9H2,2H3. The number of nitrogens with one attached hydrogen (secondary N) is 1. The van der Waals surface area contributed by atoms with Gasteiger partial charge in [0.1, 0.15) is 0 Å². The van der Waals surface area contributed by atoms with Gasteiger partial charge in [0, 0.05) is 6.54 Å². The predicted octanol–water partition coefficient (Wildman–Crippen LogP) is 3.21. The molecule has 0 aliphatic rings. The zero-order chi connectivity index (χ0) is 12.9. The van der Waals surface area contributed by atoms with Gasteiger partial charge in [-0.05, 0) is 24.1 Å². The second-order valence-corrected chi connectivity index (χ2v) is 3.70. The van der Waals surface area contributed by atoms with Gasteiger partial charge < -0.3 is 0 Å². The molecule has 0 amide bonds. The molecule has 4 heteroatoms. The summed E-state index contributed by atoms with van der Waals surface area (Å²) in [6.07, 6.45) is 1.78. The Hall–Kier alpha value is -1.47. The van der Waals surface area contributed by atoms with Gasteiger partial charge in [-0.15, -0.1) is 6.42 Å². The van der Waals surface area contributed by atoms with Crippen molar-refractivity contribution in [2.75, 3.05) is 0 Å². The number of terminal acetylenes is 1. The van der Waals surface area contributed by atoms with Gasteiger partial charge in [0.15, 0.2) is 0 Å². The number of hydrogen-bond acceptors (Lipinski definition) is 1. The molecule has 0 saturated heterocycles. The summed E-state index contributed by atoms with van der Waals surface area (Å²) in [7, 11) is 0. The Morgan fingerprint density at radius 2 is 1.88 bits per heavy atom. The largest absolute Gasteiger partial charge is 0.416 e. The van der Waals surface area contributed by atoms with Gasteiger partial charge in [-0.25, -0.2) is 0 Å². The Morgan fingerprint density at radius 3 is 2.29 bits per heavy atom. The van der Waals surface area contributed by atoms with E-state index >= 15 is 0 Å². The summed E-state index contributed by atoms with van der Waals surface area (Å²) in [5, 5.41) is 3.08. The molecule has 17 heavy (non-hydrogen) atoms. The smallest absolute Gasteiger partial charge is 0.300 e. The van der Waals surface area contributed by atoms with Crippen LogP contribution in [-0.2, 0) is 12.7 Å². The van der Waals surface area contributed by atoms with Crippen LogP contribution in [0.2, 0.25) is 0 Å². The first kappa shape index (κ1) is 13.6. The van der Waals surface area contributed by atoms with Crippen molar-refractivity contribution in [1.29, 1.82) is 0 Å². The summed E-state index contributed by atoms with van der Waals surface area (Å²) >= 11 is 0. The van der Waals surface area contributed by atoms with Crippen LogP contribution in [0.5, 0.6) is 0 Å². The van der Waals surface area contributed by atoms with Crippen LogP contribution in [0.25, 0.3) is 0 Å². The minimum atomic E-state index is -4.28. The van der Waals surface area contributed by atoms with Crippen molar-refractivity contribution < 1.29 is 13.2 Å². The van der Waals surface area contributed by atoms with Crippen molar-refractivity contribution in [2.45, 2.75) is 32.1 Å². The number of rotatable bonds is 4. The highest BCUT2D eigenvalue weighted by atomic mass is 19.4. The van der Waals surface area contributed by atoms with Crippen LogP contribution >= 0.6 is 0 Å². The molecule has 1 N–H and O–H groups in total. The fraction of sp³-hybridized carbons (Fsp3) is 0.385. The summed E-state index contributed by atoms with van der Waals surface area (Å²) in [5.74, 6) is 2.57. The highest BCUT2D eigenvalue weighted by Gasteiger charge is 2.29. The van der Waals surface area contributed by atoms with Gasteiger partial charge in [-0.1, -0.05) is 25.0 Å². The third-order valence-corrected chi connectivity index (χ3v) is 2.44. The molecule has 0 aliphatic heterocycles. The molecule has 0 aromatic heterocycles. The molecular formula is C13H14F3N. The quantitative estimate of drug-likeness (QED) is 0.798. The molecule has 1 rings (SSSR count). The summed E-state index contributed by atoms with van der Waals surface area (Å²) in [6, 6.07) is 5.03. The van der Waals surface area contributed by atoms with Crippen molar-refractivity contribution in [1.82, 2.24) is 5.32 Å². The molecular weight excluding hydrogens is 227 g/mol. The third kappa shape index (κ3) is 4.12. The van der Waals surface area contributed by atoms with Crippen molar-refractivity contribution >= 4 is 0 Å². The van der Waals surface area contributed by atoms with Gasteiger partial charge >= 0.3 is 6.18 Å². The maximum Gasteiger partial charge on any atom is 0.416 e. The maximum absolute atomic E-state index is 12.3. The monoisotopic (exact) mass is 241 g/mol. The normalized spacial score (nSPS) is 13.1. The van der Waals surface area contributed by atoms with Gasteiger partial charge in [-0.2, -0.15) is 13.2 Å². The molecule has 0 bridgehead atoms. The molecule has 1 unspecified atom stereocenters. The summed E-state index contributed by atoms with van der Waals surface area (Å²) in [4.78, 5) is 0. The van der Waals surface area contributed by atoms with E-state index in [1.165, 1.54) is 12.1 Å². The van der Waals surface area contributed by atoms with E-state index in [1.807, 2.05) is 6.92 Å². The van der Waals surface area contributed by atoms with Gasteiger partial charge in [0.2, 0.25) is 0 Å². The lowest BCUT2D eigenvalue weighted by Gasteiger charge is -2.11. The second-order valence-electron chi connectivity index (χ2n) is 3.70. The van der Waals surface area contributed by atoms with Gasteiger partial charge in [-0.3, -0.25) is 5.32 Å². The van der Waals surface area contributed by atoms with E-state index in [0.717, 1.165) is 24.1 Å². The van der Waals surface area contributed by atoms with E-state index in [1.54, 1.807) is 0 Å². The first-order valence-corrected chi connectivity index (χ1v) is 5.33. The minimum absolute atomic E-state index is 0.0442. The second kappa shape index (κ2) is 5.74. The molecule has 0 heterocycles. The fourth-order valence-corrected chi connectivity index (χ4v) is 1.37. The summed E-state index contributed by atoms with van der Waals surface area (Å²) in [5.41, 5.74) is 0.150. The predicted molar refractivity (Wildman–Crippen MR) is 61.2 cm³/mol.